The highest BCUT2D eigenvalue weighted by Crippen LogP contribution is 2.39. The van der Waals surface area contributed by atoms with Crippen molar-refractivity contribution in [1.29, 1.82) is 0 Å². The Balaban J connectivity index is 2.08. The van der Waals surface area contributed by atoms with Crippen LogP contribution in [0.3, 0.4) is 0 Å². The summed E-state index contributed by atoms with van der Waals surface area (Å²) in [6.07, 6.45) is 2.87. The summed E-state index contributed by atoms with van der Waals surface area (Å²) < 4.78 is 41.0. The highest BCUT2D eigenvalue weighted by molar-refractivity contribution is 7.88. The second-order valence-corrected chi connectivity index (χ2v) is 8.85. The minimum atomic E-state index is -3.11. The number of nitrogens with one attached hydrogen (secondary N) is 2. The molecule has 29 heavy (non-hydrogen) atoms. The molecule has 0 atom stereocenters. The first kappa shape index (κ1) is 23.1. The topological polar surface area (TPSA) is 101 Å². The van der Waals surface area contributed by atoms with Crippen LogP contribution in [0.5, 0.6) is 17.2 Å². The Morgan fingerprint density at radius 3 is 2.17 bits per heavy atom. The van der Waals surface area contributed by atoms with E-state index < -0.39 is 10.0 Å². The lowest BCUT2D eigenvalue weighted by molar-refractivity contribution is 0.280. The molecule has 1 aliphatic heterocycles. The third-order valence-electron chi connectivity index (χ3n) is 4.82. The second kappa shape index (κ2) is 10.5. The van der Waals surface area contributed by atoms with Crippen LogP contribution < -0.4 is 24.8 Å². The standard InChI is InChI=1S/C19H32N4O5S/c1-6-20-19(21-13-14-7-9-23(10-8-14)29(5,24)25)22-15-11-16(26-2)18(28-4)17(12-15)27-3/h11-12,14H,6-10,13H2,1-5H3,(H2,20,21,22). The fourth-order valence-corrected chi connectivity index (χ4v) is 4.12. The lowest BCUT2D eigenvalue weighted by Crippen LogP contribution is -2.38. The van der Waals surface area contributed by atoms with Crippen LogP contribution in [0.25, 0.3) is 0 Å². The van der Waals surface area contributed by atoms with E-state index in [1.54, 1.807) is 21.3 Å². The van der Waals surface area contributed by atoms with Crippen molar-refractivity contribution in [2.75, 3.05) is 59.1 Å². The van der Waals surface area contributed by atoms with Crippen LogP contribution in [0.4, 0.5) is 5.69 Å². The average molecular weight is 429 g/mol. The maximum atomic E-state index is 11.6. The van der Waals surface area contributed by atoms with Crippen LogP contribution in [0.15, 0.2) is 17.1 Å². The van der Waals surface area contributed by atoms with Crippen molar-refractivity contribution in [2.24, 2.45) is 10.9 Å². The number of piperidine rings is 1. The van der Waals surface area contributed by atoms with Gasteiger partial charge < -0.3 is 24.8 Å². The van der Waals surface area contributed by atoms with Gasteiger partial charge in [0.2, 0.25) is 15.8 Å². The number of hydrogen-bond donors (Lipinski definition) is 2. The van der Waals surface area contributed by atoms with Gasteiger partial charge in [-0.05, 0) is 25.7 Å². The van der Waals surface area contributed by atoms with Gasteiger partial charge in [0.15, 0.2) is 17.5 Å². The number of hydrogen-bond acceptors (Lipinski definition) is 6. The minimum absolute atomic E-state index is 0.350. The average Bonchev–Trinajstić information content (AvgIpc) is 2.71. The van der Waals surface area contributed by atoms with Gasteiger partial charge in [-0.1, -0.05) is 0 Å². The number of sulfonamides is 1. The number of rotatable bonds is 8. The van der Waals surface area contributed by atoms with Gasteiger partial charge in [-0.15, -0.1) is 0 Å². The van der Waals surface area contributed by atoms with Crippen LogP contribution in [-0.2, 0) is 10.0 Å². The molecule has 0 radical (unpaired) electrons. The molecule has 9 nitrogen and oxygen atoms in total. The summed E-state index contributed by atoms with van der Waals surface area (Å²) >= 11 is 0. The van der Waals surface area contributed by atoms with Gasteiger partial charge in [-0.2, -0.15) is 0 Å². The van der Waals surface area contributed by atoms with E-state index in [-0.39, 0.29) is 0 Å². The van der Waals surface area contributed by atoms with Crippen molar-refractivity contribution >= 4 is 21.7 Å². The molecule has 2 rings (SSSR count). The largest absolute Gasteiger partial charge is 0.493 e. The van der Waals surface area contributed by atoms with Crippen molar-refractivity contribution in [1.82, 2.24) is 9.62 Å². The van der Waals surface area contributed by atoms with Crippen LogP contribution >= 0.6 is 0 Å². The molecule has 10 heteroatoms. The molecule has 1 saturated heterocycles. The summed E-state index contributed by atoms with van der Waals surface area (Å²) in [5, 5.41) is 6.50. The Kier molecular flexibility index (Phi) is 8.39. The molecule has 1 fully saturated rings. The van der Waals surface area contributed by atoms with E-state index in [2.05, 4.69) is 15.6 Å². The van der Waals surface area contributed by atoms with Crippen LogP contribution in [0, 0.1) is 5.92 Å². The second-order valence-electron chi connectivity index (χ2n) is 6.86. The molecule has 1 heterocycles. The Hall–Kier alpha value is -2.20. The highest BCUT2D eigenvalue weighted by atomic mass is 32.2. The molecule has 0 spiro atoms. The molecular weight excluding hydrogens is 396 g/mol. The number of anilines is 1. The monoisotopic (exact) mass is 428 g/mol. The Morgan fingerprint density at radius 2 is 1.72 bits per heavy atom. The lowest BCUT2D eigenvalue weighted by atomic mass is 9.98. The molecule has 0 unspecified atom stereocenters. The highest BCUT2D eigenvalue weighted by Gasteiger charge is 2.24. The van der Waals surface area contributed by atoms with E-state index in [1.807, 2.05) is 19.1 Å². The Labute approximate surface area is 173 Å². The number of aliphatic imine (C=N–C) groups is 1. The summed E-state index contributed by atoms with van der Waals surface area (Å²) in [7, 11) is 1.60. The van der Waals surface area contributed by atoms with Gasteiger partial charge in [0, 0.05) is 44.0 Å². The molecule has 0 aliphatic carbocycles. The summed E-state index contributed by atoms with van der Waals surface area (Å²) in [6.45, 7) is 4.43. The lowest BCUT2D eigenvalue weighted by Gasteiger charge is -2.29. The van der Waals surface area contributed by atoms with Crippen LogP contribution in [0.2, 0.25) is 0 Å². The SMILES string of the molecule is CCNC(=NCC1CCN(S(C)(=O)=O)CC1)Nc1cc(OC)c(OC)c(OC)c1. The van der Waals surface area contributed by atoms with Gasteiger partial charge in [0.25, 0.3) is 0 Å². The number of ether oxygens (including phenoxy) is 3. The van der Waals surface area contributed by atoms with Crippen molar-refractivity contribution in [2.45, 2.75) is 19.8 Å². The zero-order valence-electron chi connectivity index (χ0n) is 17.8. The number of benzene rings is 1. The predicted octanol–water partition coefficient (Wildman–Crippen LogP) is 1.76. The summed E-state index contributed by atoms with van der Waals surface area (Å²) in [4.78, 5) is 4.69. The zero-order chi connectivity index (χ0) is 21.4. The molecule has 1 aliphatic rings. The van der Waals surface area contributed by atoms with Gasteiger partial charge in [-0.3, -0.25) is 4.99 Å². The zero-order valence-corrected chi connectivity index (χ0v) is 18.6. The summed E-state index contributed by atoms with van der Waals surface area (Å²) in [5.74, 6) is 2.63. The molecule has 0 amide bonds. The number of nitrogens with zero attached hydrogens (tertiary/aromatic N) is 2. The molecule has 2 N–H and O–H groups in total. The molecule has 0 bridgehead atoms. The van der Waals surface area contributed by atoms with E-state index in [0.717, 1.165) is 18.5 Å². The van der Waals surface area contributed by atoms with Gasteiger partial charge in [0.1, 0.15) is 0 Å². The first-order chi connectivity index (χ1) is 13.8. The van der Waals surface area contributed by atoms with Crippen LogP contribution in [-0.4, -0.2) is 72.4 Å². The van der Waals surface area contributed by atoms with Crippen molar-refractivity contribution in [3.8, 4) is 17.2 Å². The molecule has 1 aromatic carbocycles. The maximum absolute atomic E-state index is 11.6. The third kappa shape index (κ3) is 6.40. The first-order valence-electron chi connectivity index (χ1n) is 9.62. The van der Waals surface area contributed by atoms with E-state index in [1.165, 1.54) is 10.6 Å². The minimum Gasteiger partial charge on any atom is -0.493 e. The summed E-state index contributed by atoms with van der Waals surface area (Å²) in [6, 6.07) is 3.64. The molecule has 164 valence electrons. The van der Waals surface area contributed by atoms with Gasteiger partial charge in [-0.25, -0.2) is 12.7 Å². The predicted molar refractivity (Wildman–Crippen MR) is 115 cm³/mol. The first-order valence-corrected chi connectivity index (χ1v) is 11.5. The van der Waals surface area contributed by atoms with E-state index >= 15 is 0 Å². The maximum Gasteiger partial charge on any atom is 0.211 e. The Bertz CT molecular complexity index is 780. The number of guanidine groups is 1. The van der Waals surface area contributed by atoms with Gasteiger partial charge >= 0.3 is 0 Å². The fraction of sp³-hybridized carbons (Fsp3) is 0.632. The number of methoxy groups -OCH3 is 3. The van der Waals surface area contributed by atoms with Crippen molar-refractivity contribution in [3.63, 3.8) is 0 Å². The Morgan fingerprint density at radius 1 is 1.14 bits per heavy atom. The summed E-state index contributed by atoms with van der Waals surface area (Å²) in [5.41, 5.74) is 0.756. The third-order valence-corrected chi connectivity index (χ3v) is 6.12. The van der Waals surface area contributed by atoms with Crippen molar-refractivity contribution in [3.05, 3.63) is 12.1 Å². The molecule has 0 aromatic heterocycles. The quantitative estimate of drug-likeness (QED) is 0.481. The smallest absolute Gasteiger partial charge is 0.211 e. The normalized spacial score (nSPS) is 16.4. The fourth-order valence-electron chi connectivity index (χ4n) is 3.24. The van der Waals surface area contributed by atoms with E-state index in [4.69, 9.17) is 14.2 Å². The van der Waals surface area contributed by atoms with Gasteiger partial charge in [0.05, 0.1) is 27.6 Å². The van der Waals surface area contributed by atoms with E-state index in [9.17, 15) is 8.42 Å². The van der Waals surface area contributed by atoms with Crippen molar-refractivity contribution < 1.29 is 22.6 Å². The van der Waals surface area contributed by atoms with E-state index in [0.29, 0.717) is 55.3 Å². The molecule has 0 saturated carbocycles. The van der Waals surface area contributed by atoms with Crippen LogP contribution in [0.1, 0.15) is 19.8 Å². The molecule has 1 aromatic rings. The molecular formula is C19H32N4O5S.